The quantitative estimate of drug-likeness (QED) is 0.738. The van der Waals surface area contributed by atoms with Crippen LogP contribution in [0, 0.1) is 0 Å². The molecular weight excluding hydrogens is 252 g/mol. The van der Waals surface area contributed by atoms with Crippen LogP contribution < -0.4 is 11.1 Å². The molecule has 1 aliphatic rings. The van der Waals surface area contributed by atoms with Crippen LogP contribution in [-0.4, -0.2) is 23.2 Å². The lowest BCUT2D eigenvalue weighted by Crippen LogP contribution is -2.45. The molecule has 1 aromatic rings. The summed E-state index contributed by atoms with van der Waals surface area (Å²) in [7, 11) is 0. The van der Waals surface area contributed by atoms with Crippen LogP contribution in [0.2, 0.25) is 0 Å². The zero-order valence-corrected chi connectivity index (χ0v) is 12.0. The molecule has 1 aliphatic carbocycles. The van der Waals surface area contributed by atoms with E-state index in [1.165, 1.54) is 0 Å². The van der Waals surface area contributed by atoms with Gasteiger partial charge in [0.05, 0.1) is 12.1 Å². The lowest BCUT2D eigenvalue weighted by Gasteiger charge is -2.28. The van der Waals surface area contributed by atoms with E-state index in [2.05, 4.69) is 5.32 Å². The maximum Gasteiger partial charge on any atom is 0.220 e. The Kier molecular flexibility index (Phi) is 5.01. The smallest absolute Gasteiger partial charge is 0.220 e. The zero-order valence-electron chi connectivity index (χ0n) is 12.0. The highest BCUT2D eigenvalue weighted by atomic mass is 16.3. The Labute approximate surface area is 120 Å². The number of nitrogen functional groups attached to an aromatic ring is 1. The summed E-state index contributed by atoms with van der Waals surface area (Å²) in [6.07, 6.45) is 3.85. The van der Waals surface area contributed by atoms with Gasteiger partial charge < -0.3 is 16.2 Å². The van der Waals surface area contributed by atoms with Crippen LogP contribution in [0.3, 0.4) is 0 Å². The van der Waals surface area contributed by atoms with Crippen molar-refractivity contribution in [2.45, 2.75) is 57.1 Å². The minimum atomic E-state index is -0.389. The number of benzene rings is 1. The molecule has 1 fully saturated rings. The molecule has 0 radical (unpaired) electrons. The summed E-state index contributed by atoms with van der Waals surface area (Å²) in [4.78, 5) is 12.1. The third-order valence-corrected chi connectivity index (χ3v) is 4.07. The summed E-state index contributed by atoms with van der Waals surface area (Å²) >= 11 is 0. The molecule has 4 heteroatoms. The molecule has 0 aromatic heterocycles. The highest BCUT2D eigenvalue weighted by Crippen LogP contribution is 2.22. The van der Waals surface area contributed by atoms with E-state index in [0.29, 0.717) is 6.42 Å². The molecule has 0 spiro atoms. The van der Waals surface area contributed by atoms with Crippen LogP contribution in [0.25, 0.3) is 0 Å². The molecule has 4 nitrogen and oxygen atoms in total. The predicted molar refractivity (Wildman–Crippen MR) is 80.3 cm³/mol. The molecule has 1 aromatic carbocycles. The maximum atomic E-state index is 12.1. The Bertz CT molecular complexity index is 444. The van der Waals surface area contributed by atoms with Gasteiger partial charge in [0.15, 0.2) is 0 Å². The van der Waals surface area contributed by atoms with Gasteiger partial charge in [-0.3, -0.25) is 4.79 Å². The van der Waals surface area contributed by atoms with Crippen molar-refractivity contribution in [3.63, 3.8) is 0 Å². The molecule has 110 valence electrons. The second kappa shape index (κ2) is 6.75. The van der Waals surface area contributed by atoms with Crippen molar-refractivity contribution in [3.8, 4) is 0 Å². The second-order valence-electron chi connectivity index (χ2n) is 5.80. The fourth-order valence-electron chi connectivity index (χ4n) is 2.77. The monoisotopic (exact) mass is 276 g/mol. The average molecular weight is 276 g/mol. The van der Waals surface area contributed by atoms with Crippen LogP contribution in [0.4, 0.5) is 5.69 Å². The number of anilines is 1. The van der Waals surface area contributed by atoms with Gasteiger partial charge in [-0.2, -0.15) is 0 Å². The summed E-state index contributed by atoms with van der Waals surface area (Å²) in [5, 5.41) is 12.8. The molecule has 1 amide bonds. The maximum absolute atomic E-state index is 12.1. The molecule has 0 heterocycles. The van der Waals surface area contributed by atoms with Crippen LogP contribution in [-0.2, 0) is 4.79 Å². The van der Waals surface area contributed by atoms with Gasteiger partial charge in [0, 0.05) is 12.1 Å². The van der Waals surface area contributed by atoms with Gasteiger partial charge >= 0.3 is 0 Å². The molecular formula is C16H24N2O2. The average Bonchev–Trinajstić information content (AvgIpc) is 2.42. The van der Waals surface area contributed by atoms with Crippen molar-refractivity contribution in [1.82, 2.24) is 5.32 Å². The van der Waals surface area contributed by atoms with Crippen molar-refractivity contribution >= 4 is 11.6 Å². The van der Waals surface area contributed by atoms with E-state index in [1.807, 2.05) is 31.2 Å². The first-order chi connectivity index (χ1) is 9.56. The van der Waals surface area contributed by atoms with Crippen molar-refractivity contribution in [3.05, 3.63) is 29.8 Å². The standard InChI is InChI=1S/C16H24N2O2/c1-11(12-6-8-13(17)9-7-12)10-16(20)18-14-4-2-3-5-15(14)19/h6-9,11,14-15,19H,2-5,10,17H2,1H3,(H,18,20)/t11?,14-,15-/m0/s1. The van der Waals surface area contributed by atoms with Crippen molar-refractivity contribution in [1.29, 1.82) is 0 Å². The van der Waals surface area contributed by atoms with Crippen LogP contribution in [0.5, 0.6) is 0 Å². The molecule has 3 atom stereocenters. The highest BCUT2D eigenvalue weighted by molar-refractivity contribution is 5.77. The minimum Gasteiger partial charge on any atom is -0.399 e. The Morgan fingerprint density at radius 1 is 1.35 bits per heavy atom. The molecule has 20 heavy (non-hydrogen) atoms. The number of nitrogens with two attached hydrogens (primary N) is 1. The van der Waals surface area contributed by atoms with Gasteiger partial charge in [0.2, 0.25) is 5.91 Å². The van der Waals surface area contributed by atoms with Gasteiger partial charge in [-0.1, -0.05) is 31.9 Å². The Morgan fingerprint density at radius 3 is 2.65 bits per heavy atom. The second-order valence-corrected chi connectivity index (χ2v) is 5.80. The van der Waals surface area contributed by atoms with E-state index in [0.717, 1.165) is 36.9 Å². The van der Waals surface area contributed by atoms with E-state index in [1.54, 1.807) is 0 Å². The largest absolute Gasteiger partial charge is 0.399 e. The Hall–Kier alpha value is -1.55. The van der Waals surface area contributed by atoms with E-state index >= 15 is 0 Å². The normalized spacial score (nSPS) is 24.1. The Balaban J connectivity index is 1.85. The van der Waals surface area contributed by atoms with Crippen LogP contribution in [0.1, 0.15) is 50.5 Å². The lowest BCUT2D eigenvalue weighted by molar-refractivity contribution is -0.123. The highest BCUT2D eigenvalue weighted by Gasteiger charge is 2.24. The van der Waals surface area contributed by atoms with E-state index in [-0.39, 0.29) is 24.0 Å². The number of nitrogens with one attached hydrogen (secondary N) is 1. The molecule has 1 unspecified atom stereocenters. The summed E-state index contributed by atoms with van der Waals surface area (Å²) < 4.78 is 0. The van der Waals surface area contributed by atoms with Crippen molar-refractivity contribution in [2.24, 2.45) is 0 Å². The van der Waals surface area contributed by atoms with Crippen LogP contribution >= 0.6 is 0 Å². The third-order valence-electron chi connectivity index (χ3n) is 4.07. The summed E-state index contributed by atoms with van der Waals surface area (Å²) in [6, 6.07) is 7.56. The van der Waals surface area contributed by atoms with Gasteiger partial charge in [-0.15, -0.1) is 0 Å². The fraction of sp³-hybridized carbons (Fsp3) is 0.562. The molecule has 2 rings (SSSR count). The molecule has 1 saturated carbocycles. The van der Waals surface area contributed by atoms with E-state index in [4.69, 9.17) is 5.73 Å². The summed E-state index contributed by atoms with van der Waals surface area (Å²) in [6.45, 7) is 2.03. The SMILES string of the molecule is CC(CC(=O)N[C@H]1CCCC[C@@H]1O)c1ccc(N)cc1. The number of amides is 1. The first-order valence-corrected chi connectivity index (χ1v) is 7.39. The topological polar surface area (TPSA) is 75.3 Å². The van der Waals surface area contributed by atoms with E-state index in [9.17, 15) is 9.90 Å². The summed E-state index contributed by atoms with van der Waals surface area (Å²) in [5.41, 5.74) is 7.50. The number of carbonyl (C=O) groups excluding carboxylic acids is 1. The van der Waals surface area contributed by atoms with Gasteiger partial charge in [0.25, 0.3) is 0 Å². The number of aliphatic hydroxyl groups is 1. The number of aliphatic hydroxyl groups excluding tert-OH is 1. The molecule has 4 N–H and O–H groups in total. The van der Waals surface area contributed by atoms with Gasteiger partial charge in [0.1, 0.15) is 0 Å². The van der Waals surface area contributed by atoms with Gasteiger partial charge in [-0.25, -0.2) is 0 Å². The van der Waals surface area contributed by atoms with Gasteiger partial charge in [-0.05, 0) is 36.5 Å². The zero-order chi connectivity index (χ0) is 14.5. The molecule has 0 saturated heterocycles. The lowest BCUT2D eigenvalue weighted by atomic mass is 9.92. The molecule has 0 aliphatic heterocycles. The first-order valence-electron chi connectivity index (χ1n) is 7.39. The minimum absolute atomic E-state index is 0.0141. The number of carbonyl (C=O) groups is 1. The van der Waals surface area contributed by atoms with Crippen molar-refractivity contribution in [2.75, 3.05) is 5.73 Å². The predicted octanol–water partition coefficient (Wildman–Crippen LogP) is 2.18. The fourth-order valence-corrected chi connectivity index (χ4v) is 2.77. The van der Waals surface area contributed by atoms with E-state index < -0.39 is 0 Å². The Morgan fingerprint density at radius 2 is 2.00 bits per heavy atom. The number of rotatable bonds is 4. The van der Waals surface area contributed by atoms with Crippen LogP contribution in [0.15, 0.2) is 24.3 Å². The number of hydrogen-bond donors (Lipinski definition) is 3. The summed E-state index contributed by atoms with van der Waals surface area (Å²) in [5.74, 6) is 0.164. The number of hydrogen-bond acceptors (Lipinski definition) is 3. The first kappa shape index (κ1) is 14.9. The molecule has 0 bridgehead atoms. The van der Waals surface area contributed by atoms with Crippen molar-refractivity contribution < 1.29 is 9.90 Å². The third kappa shape index (κ3) is 3.97.